The maximum atomic E-state index is 5.31. The van der Waals surface area contributed by atoms with Gasteiger partial charge in [0, 0.05) is 12.1 Å². The van der Waals surface area contributed by atoms with Crippen LogP contribution in [0.5, 0.6) is 5.75 Å². The van der Waals surface area contributed by atoms with E-state index in [0.29, 0.717) is 18.0 Å². The first kappa shape index (κ1) is 13.4. The highest BCUT2D eigenvalue weighted by Gasteiger charge is 2.29. The van der Waals surface area contributed by atoms with Crippen molar-refractivity contribution in [1.82, 2.24) is 14.9 Å². The van der Waals surface area contributed by atoms with Gasteiger partial charge in [-0.25, -0.2) is 4.98 Å². The second-order valence-electron chi connectivity index (χ2n) is 5.99. The molecule has 1 aromatic carbocycles. The van der Waals surface area contributed by atoms with E-state index in [-0.39, 0.29) is 0 Å². The lowest BCUT2D eigenvalue weighted by Crippen LogP contribution is -2.22. The van der Waals surface area contributed by atoms with Gasteiger partial charge in [-0.05, 0) is 44.9 Å². The van der Waals surface area contributed by atoms with Crippen LogP contribution in [0.25, 0.3) is 11.0 Å². The predicted molar refractivity (Wildman–Crippen MR) is 81.2 cm³/mol. The molecule has 1 N–H and O–H groups in total. The Kier molecular flexibility index (Phi) is 3.42. The van der Waals surface area contributed by atoms with Crippen LogP contribution >= 0.6 is 0 Å². The molecular formula is C16H23N3O. The summed E-state index contributed by atoms with van der Waals surface area (Å²) >= 11 is 0. The molecule has 0 radical (unpaired) electrons. The smallest absolute Gasteiger partial charge is 0.127 e. The maximum absolute atomic E-state index is 5.31. The van der Waals surface area contributed by atoms with E-state index in [9.17, 15) is 0 Å². The molecule has 2 heterocycles. The van der Waals surface area contributed by atoms with Gasteiger partial charge in [-0.2, -0.15) is 0 Å². The SMILES string of the molecule is COc1ccc2c(c1)nc(C1NCCC1C)n2C(C)C. The Morgan fingerprint density at radius 2 is 2.20 bits per heavy atom. The van der Waals surface area contributed by atoms with Crippen molar-refractivity contribution in [2.45, 2.75) is 39.3 Å². The zero-order chi connectivity index (χ0) is 14.3. The Balaban J connectivity index is 2.17. The Labute approximate surface area is 120 Å². The number of ether oxygens (including phenoxy) is 1. The summed E-state index contributed by atoms with van der Waals surface area (Å²) in [6.45, 7) is 7.81. The normalized spacial score (nSPS) is 22.9. The largest absolute Gasteiger partial charge is 0.497 e. The molecule has 0 amide bonds. The van der Waals surface area contributed by atoms with E-state index in [1.807, 2.05) is 12.1 Å². The van der Waals surface area contributed by atoms with Gasteiger partial charge in [0.15, 0.2) is 0 Å². The number of methoxy groups -OCH3 is 1. The van der Waals surface area contributed by atoms with Gasteiger partial charge >= 0.3 is 0 Å². The van der Waals surface area contributed by atoms with Crippen molar-refractivity contribution in [3.8, 4) is 5.75 Å². The average molecular weight is 273 g/mol. The Morgan fingerprint density at radius 3 is 2.80 bits per heavy atom. The molecule has 1 fully saturated rings. The topological polar surface area (TPSA) is 39.1 Å². The monoisotopic (exact) mass is 273 g/mol. The van der Waals surface area contributed by atoms with Gasteiger partial charge in [-0.15, -0.1) is 0 Å². The molecule has 2 aromatic rings. The highest BCUT2D eigenvalue weighted by Crippen LogP contribution is 2.33. The number of nitrogens with zero attached hydrogens (tertiary/aromatic N) is 2. The molecule has 4 nitrogen and oxygen atoms in total. The second-order valence-corrected chi connectivity index (χ2v) is 5.99. The van der Waals surface area contributed by atoms with Crippen LogP contribution < -0.4 is 10.1 Å². The van der Waals surface area contributed by atoms with Gasteiger partial charge in [-0.1, -0.05) is 6.92 Å². The maximum Gasteiger partial charge on any atom is 0.127 e. The summed E-state index contributed by atoms with van der Waals surface area (Å²) in [4.78, 5) is 4.90. The summed E-state index contributed by atoms with van der Waals surface area (Å²) in [5, 5.41) is 3.59. The third-order valence-corrected chi connectivity index (χ3v) is 4.25. The number of aromatic nitrogens is 2. The number of imidazole rings is 1. The van der Waals surface area contributed by atoms with Crippen LogP contribution in [0, 0.1) is 5.92 Å². The van der Waals surface area contributed by atoms with Gasteiger partial charge in [0.1, 0.15) is 11.6 Å². The second kappa shape index (κ2) is 5.09. The highest BCUT2D eigenvalue weighted by atomic mass is 16.5. The number of benzene rings is 1. The number of fused-ring (bicyclic) bond motifs is 1. The van der Waals surface area contributed by atoms with Crippen LogP contribution in [0.4, 0.5) is 0 Å². The van der Waals surface area contributed by atoms with Crippen molar-refractivity contribution >= 4 is 11.0 Å². The summed E-state index contributed by atoms with van der Waals surface area (Å²) in [7, 11) is 1.70. The third-order valence-electron chi connectivity index (χ3n) is 4.25. The predicted octanol–water partition coefficient (Wildman–Crippen LogP) is 3.30. The fourth-order valence-electron chi connectivity index (χ4n) is 3.17. The summed E-state index contributed by atoms with van der Waals surface area (Å²) in [5.41, 5.74) is 2.21. The molecule has 0 bridgehead atoms. The molecule has 1 aliphatic rings. The lowest BCUT2D eigenvalue weighted by atomic mass is 10.0. The molecule has 3 rings (SSSR count). The van der Waals surface area contributed by atoms with E-state index < -0.39 is 0 Å². The van der Waals surface area contributed by atoms with E-state index in [4.69, 9.17) is 9.72 Å². The summed E-state index contributed by atoms with van der Waals surface area (Å²) < 4.78 is 7.67. The Bertz CT molecular complexity index is 617. The lowest BCUT2D eigenvalue weighted by molar-refractivity contribution is 0.415. The van der Waals surface area contributed by atoms with Crippen molar-refractivity contribution in [2.24, 2.45) is 5.92 Å². The van der Waals surface area contributed by atoms with Gasteiger partial charge in [-0.3, -0.25) is 0 Å². The average Bonchev–Trinajstić information content (AvgIpc) is 3.00. The Hall–Kier alpha value is -1.55. The molecule has 0 spiro atoms. The van der Waals surface area contributed by atoms with E-state index in [1.165, 1.54) is 11.9 Å². The first-order chi connectivity index (χ1) is 9.61. The van der Waals surface area contributed by atoms with Gasteiger partial charge in [0.05, 0.1) is 24.2 Å². The van der Waals surface area contributed by atoms with Crippen LogP contribution in [0.15, 0.2) is 18.2 Å². The van der Waals surface area contributed by atoms with Crippen LogP contribution in [0.1, 0.15) is 45.1 Å². The standard InChI is InChI=1S/C16H23N3O/c1-10(2)19-14-6-5-12(20-4)9-13(14)18-16(19)15-11(3)7-8-17-15/h5-6,9-11,15,17H,7-8H2,1-4H3. The van der Waals surface area contributed by atoms with Crippen molar-refractivity contribution in [1.29, 1.82) is 0 Å². The first-order valence-corrected chi connectivity index (χ1v) is 7.41. The van der Waals surface area contributed by atoms with Gasteiger partial charge < -0.3 is 14.6 Å². The van der Waals surface area contributed by atoms with Crippen molar-refractivity contribution in [3.05, 3.63) is 24.0 Å². The van der Waals surface area contributed by atoms with Gasteiger partial charge in [0.2, 0.25) is 0 Å². The van der Waals surface area contributed by atoms with Crippen LogP contribution in [-0.4, -0.2) is 23.2 Å². The van der Waals surface area contributed by atoms with Crippen LogP contribution in [0.2, 0.25) is 0 Å². The molecule has 108 valence electrons. The number of hydrogen-bond donors (Lipinski definition) is 1. The van der Waals surface area contributed by atoms with Crippen LogP contribution in [-0.2, 0) is 0 Å². The summed E-state index contributed by atoms with van der Waals surface area (Å²) in [5.74, 6) is 2.66. The zero-order valence-electron chi connectivity index (χ0n) is 12.7. The minimum Gasteiger partial charge on any atom is -0.497 e. The van der Waals surface area contributed by atoms with Crippen molar-refractivity contribution in [3.63, 3.8) is 0 Å². The quantitative estimate of drug-likeness (QED) is 0.932. The molecule has 1 saturated heterocycles. The molecule has 0 saturated carbocycles. The minimum absolute atomic E-state index is 0.357. The fraction of sp³-hybridized carbons (Fsp3) is 0.562. The number of rotatable bonds is 3. The van der Waals surface area contributed by atoms with E-state index in [0.717, 1.165) is 23.6 Å². The van der Waals surface area contributed by atoms with Crippen molar-refractivity contribution < 1.29 is 4.74 Å². The molecule has 1 aromatic heterocycles. The first-order valence-electron chi connectivity index (χ1n) is 7.41. The van der Waals surface area contributed by atoms with Crippen molar-refractivity contribution in [2.75, 3.05) is 13.7 Å². The van der Waals surface area contributed by atoms with E-state index in [2.05, 4.69) is 36.7 Å². The molecule has 1 aliphatic heterocycles. The molecule has 2 atom stereocenters. The summed E-state index contributed by atoms with van der Waals surface area (Å²) in [6.07, 6.45) is 1.22. The Morgan fingerprint density at radius 1 is 1.40 bits per heavy atom. The summed E-state index contributed by atoms with van der Waals surface area (Å²) in [6, 6.07) is 6.91. The molecular weight excluding hydrogens is 250 g/mol. The van der Waals surface area contributed by atoms with Gasteiger partial charge in [0.25, 0.3) is 0 Å². The molecule has 20 heavy (non-hydrogen) atoms. The number of hydrogen-bond acceptors (Lipinski definition) is 3. The fourth-order valence-corrected chi connectivity index (χ4v) is 3.17. The molecule has 0 aliphatic carbocycles. The molecule has 4 heteroatoms. The molecule has 2 unspecified atom stereocenters. The van der Waals surface area contributed by atoms with Crippen LogP contribution in [0.3, 0.4) is 0 Å². The third kappa shape index (κ3) is 2.08. The lowest BCUT2D eigenvalue weighted by Gasteiger charge is -2.20. The zero-order valence-corrected chi connectivity index (χ0v) is 12.7. The highest BCUT2D eigenvalue weighted by molar-refractivity contribution is 5.78. The van der Waals surface area contributed by atoms with E-state index >= 15 is 0 Å². The minimum atomic E-state index is 0.357. The number of nitrogens with one attached hydrogen (secondary N) is 1. The van der Waals surface area contributed by atoms with E-state index in [1.54, 1.807) is 7.11 Å².